The predicted octanol–water partition coefficient (Wildman–Crippen LogP) is 1.81. The Labute approximate surface area is 57.6 Å². The van der Waals surface area contributed by atoms with Crippen LogP contribution in [-0.2, 0) is 4.74 Å². The van der Waals surface area contributed by atoms with Crippen molar-refractivity contribution in [3.63, 3.8) is 0 Å². The average Bonchev–Trinajstić information content (AvgIpc) is 1.64. The summed E-state index contributed by atoms with van der Waals surface area (Å²) in [7, 11) is 1.81. The van der Waals surface area contributed by atoms with Crippen LogP contribution in [0.15, 0.2) is 0 Å². The van der Waals surface area contributed by atoms with Gasteiger partial charge in [0, 0.05) is 12.2 Å². The van der Waals surface area contributed by atoms with E-state index in [4.69, 9.17) is 4.74 Å². The molecule has 0 saturated carbocycles. The van der Waals surface area contributed by atoms with E-state index in [1.54, 1.807) is 7.05 Å². The Morgan fingerprint density at radius 1 is 1.44 bits per heavy atom. The maximum absolute atomic E-state index is 5.38. The molecule has 2 nitrogen and oxygen atoms in total. The summed E-state index contributed by atoms with van der Waals surface area (Å²) in [5, 5.41) is 4.00. The lowest BCUT2D eigenvalue weighted by atomic mass is 10.1. The van der Waals surface area contributed by atoms with Gasteiger partial charge in [-0.2, -0.15) is 7.05 Å². The lowest BCUT2D eigenvalue weighted by Crippen LogP contribution is -2.28. The van der Waals surface area contributed by atoms with Crippen molar-refractivity contribution < 1.29 is 4.74 Å². The standard InChI is InChI=1S/C7H16NO/c1-5-9-7(2,3)6-8-4/h5-6H2,1-4H3/q-1. The van der Waals surface area contributed by atoms with E-state index in [0.29, 0.717) is 0 Å². The smallest absolute Gasteiger partial charge is 0.0444 e. The van der Waals surface area contributed by atoms with Crippen LogP contribution in [0.25, 0.3) is 5.32 Å². The van der Waals surface area contributed by atoms with Crippen molar-refractivity contribution in [2.45, 2.75) is 26.4 Å². The molecule has 0 spiro atoms. The Morgan fingerprint density at radius 2 is 2.00 bits per heavy atom. The first-order valence-electron chi connectivity index (χ1n) is 3.32. The molecular weight excluding hydrogens is 114 g/mol. The molecule has 0 fully saturated rings. The van der Waals surface area contributed by atoms with Crippen molar-refractivity contribution in [2.24, 2.45) is 0 Å². The second-order valence-corrected chi connectivity index (χ2v) is 2.67. The van der Waals surface area contributed by atoms with Gasteiger partial charge in [0.2, 0.25) is 0 Å². The minimum absolute atomic E-state index is 0.0660. The highest BCUT2D eigenvalue weighted by Gasteiger charge is 2.09. The maximum atomic E-state index is 5.38. The van der Waals surface area contributed by atoms with Crippen LogP contribution in [0.2, 0.25) is 0 Å². The van der Waals surface area contributed by atoms with Crippen LogP contribution >= 0.6 is 0 Å². The van der Waals surface area contributed by atoms with Gasteiger partial charge in [0.05, 0.1) is 0 Å². The third-order valence-electron chi connectivity index (χ3n) is 1.07. The molecule has 0 unspecified atom stereocenters. The molecule has 0 aromatic heterocycles. The molecule has 0 aromatic carbocycles. The Kier molecular flexibility index (Phi) is 3.82. The minimum atomic E-state index is -0.0660. The van der Waals surface area contributed by atoms with Crippen molar-refractivity contribution in [3.05, 3.63) is 5.32 Å². The van der Waals surface area contributed by atoms with Crippen molar-refractivity contribution >= 4 is 0 Å². The van der Waals surface area contributed by atoms with Crippen LogP contribution in [0.3, 0.4) is 0 Å². The molecule has 0 radical (unpaired) electrons. The highest BCUT2D eigenvalue weighted by Crippen LogP contribution is 2.09. The van der Waals surface area contributed by atoms with E-state index < -0.39 is 0 Å². The molecule has 0 atom stereocenters. The van der Waals surface area contributed by atoms with Crippen LogP contribution < -0.4 is 0 Å². The zero-order valence-electron chi connectivity index (χ0n) is 6.77. The number of hydrogen-bond acceptors (Lipinski definition) is 1. The molecule has 56 valence electrons. The first kappa shape index (κ1) is 8.92. The first-order valence-corrected chi connectivity index (χ1v) is 3.32. The summed E-state index contributed by atoms with van der Waals surface area (Å²) in [6.45, 7) is 7.63. The summed E-state index contributed by atoms with van der Waals surface area (Å²) in [6, 6.07) is 0. The molecule has 0 N–H and O–H groups in total. The fraction of sp³-hybridized carbons (Fsp3) is 1.00. The van der Waals surface area contributed by atoms with Crippen molar-refractivity contribution in [2.75, 3.05) is 20.2 Å². The van der Waals surface area contributed by atoms with Gasteiger partial charge in [0.25, 0.3) is 0 Å². The average molecular weight is 130 g/mol. The molecule has 0 saturated heterocycles. The van der Waals surface area contributed by atoms with Crippen molar-refractivity contribution in [1.29, 1.82) is 0 Å². The first-order chi connectivity index (χ1) is 4.12. The monoisotopic (exact) mass is 130 g/mol. The van der Waals surface area contributed by atoms with E-state index >= 15 is 0 Å². The van der Waals surface area contributed by atoms with Gasteiger partial charge < -0.3 is 10.1 Å². The third-order valence-corrected chi connectivity index (χ3v) is 1.07. The second-order valence-electron chi connectivity index (χ2n) is 2.67. The molecule has 0 aliphatic rings. The number of likely N-dealkylation sites (N-methyl/N-ethyl adjacent to an activating group) is 1. The zero-order chi connectivity index (χ0) is 7.33. The second kappa shape index (κ2) is 3.85. The van der Waals surface area contributed by atoms with Crippen LogP contribution in [0.1, 0.15) is 20.8 Å². The molecule has 2 heteroatoms. The van der Waals surface area contributed by atoms with E-state index in [0.717, 1.165) is 13.2 Å². The molecule has 0 bridgehead atoms. The molecular formula is C7H16NO-. The summed E-state index contributed by atoms with van der Waals surface area (Å²) in [4.78, 5) is 0. The lowest BCUT2D eigenvalue weighted by Gasteiger charge is -2.30. The van der Waals surface area contributed by atoms with Crippen molar-refractivity contribution in [1.82, 2.24) is 0 Å². The minimum Gasteiger partial charge on any atom is -0.663 e. The molecule has 0 aliphatic heterocycles. The van der Waals surface area contributed by atoms with Crippen LogP contribution in [-0.4, -0.2) is 25.8 Å². The topological polar surface area (TPSA) is 23.3 Å². The Balaban J connectivity index is 3.43. The maximum Gasteiger partial charge on any atom is 0.0444 e. The summed E-state index contributed by atoms with van der Waals surface area (Å²) in [5.74, 6) is 0. The van der Waals surface area contributed by atoms with Gasteiger partial charge in [0.15, 0.2) is 0 Å². The molecule has 0 rings (SSSR count). The Morgan fingerprint density at radius 3 is 2.33 bits per heavy atom. The highest BCUT2D eigenvalue weighted by atomic mass is 16.5. The highest BCUT2D eigenvalue weighted by molar-refractivity contribution is 4.84. The number of ether oxygens (including phenoxy) is 1. The van der Waals surface area contributed by atoms with Gasteiger partial charge in [-0.15, -0.1) is 6.54 Å². The molecule has 0 aliphatic carbocycles. The molecule has 9 heavy (non-hydrogen) atoms. The van der Waals surface area contributed by atoms with Gasteiger partial charge in [-0.05, 0) is 20.8 Å². The van der Waals surface area contributed by atoms with Gasteiger partial charge in [-0.1, -0.05) is 0 Å². The van der Waals surface area contributed by atoms with E-state index in [2.05, 4.69) is 5.32 Å². The van der Waals surface area contributed by atoms with Gasteiger partial charge in [0.1, 0.15) is 0 Å². The number of nitrogens with zero attached hydrogens (tertiary/aromatic N) is 1. The van der Waals surface area contributed by atoms with Crippen molar-refractivity contribution in [3.8, 4) is 0 Å². The fourth-order valence-corrected chi connectivity index (χ4v) is 0.817. The normalized spacial score (nSPS) is 12.0. The van der Waals surface area contributed by atoms with Crippen LogP contribution in [0, 0.1) is 0 Å². The summed E-state index contributed by atoms with van der Waals surface area (Å²) < 4.78 is 5.38. The van der Waals surface area contributed by atoms with E-state index in [1.807, 2.05) is 20.8 Å². The molecule has 0 amide bonds. The lowest BCUT2D eigenvalue weighted by molar-refractivity contribution is 0.00205. The zero-order valence-corrected chi connectivity index (χ0v) is 6.77. The molecule has 0 aromatic rings. The summed E-state index contributed by atoms with van der Waals surface area (Å²) in [6.07, 6.45) is 0. The third kappa shape index (κ3) is 4.43. The van der Waals surface area contributed by atoms with Gasteiger partial charge >= 0.3 is 0 Å². The number of hydrogen-bond donors (Lipinski definition) is 0. The SMILES string of the molecule is CCOC(C)(C)C[N-]C. The quantitative estimate of drug-likeness (QED) is 0.569. The van der Waals surface area contributed by atoms with E-state index in [1.165, 1.54) is 0 Å². The van der Waals surface area contributed by atoms with E-state index in [9.17, 15) is 0 Å². The van der Waals surface area contributed by atoms with Gasteiger partial charge in [-0.3, -0.25) is 0 Å². The largest absolute Gasteiger partial charge is 0.663 e. The van der Waals surface area contributed by atoms with E-state index in [-0.39, 0.29) is 5.60 Å². The predicted molar refractivity (Wildman–Crippen MR) is 39.9 cm³/mol. The Bertz CT molecular complexity index is 63.3. The molecule has 0 heterocycles. The fourth-order valence-electron chi connectivity index (χ4n) is 0.817. The Hall–Kier alpha value is -0.0800. The summed E-state index contributed by atoms with van der Waals surface area (Å²) >= 11 is 0. The summed E-state index contributed by atoms with van der Waals surface area (Å²) in [5.41, 5.74) is -0.0660. The van der Waals surface area contributed by atoms with Crippen LogP contribution in [0.5, 0.6) is 0 Å². The van der Waals surface area contributed by atoms with Gasteiger partial charge in [-0.25, -0.2) is 0 Å². The van der Waals surface area contributed by atoms with Crippen LogP contribution in [0.4, 0.5) is 0 Å². The number of rotatable bonds is 4.